The predicted molar refractivity (Wildman–Crippen MR) is 84.2 cm³/mol. The molecule has 1 aliphatic rings. The molecule has 0 aliphatic carbocycles. The number of carbonyl (C=O) groups excluding carboxylic acids is 1. The third kappa shape index (κ3) is 3.13. The fourth-order valence-corrected chi connectivity index (χ4v) is 2.66. The number of hydrogen-bond donors (Lipinski definition) is 1. The number of fused-ring (bicyclic) bond motifs is 1. The second-order valence-corrected chi connectivity index (χ2v) is 5.52. The second-order valence-electron chi connectivity index (χ2n) is 4.66. The molecule has 1 aliphatic heterocycles. The maximum atomic E-state index is 12.3. The Kier molecular flexibility index (Phi) is 4.01. The van der Waals surface area contributed by atoms with E-state index in [-0.39, 0.29) is 12.7 Å². The monoisotopic (exact) mass is 301 g/mol. The molecular weight excluding hydrogens is 286 g/mol. The van der Waals surface area contributed by atoms with E-state index in [1.807, 2.05) is 30.5 Å². The van der Waals surface area contributed by atoms with Gasteiger partial charge < -0.3 is 14.8 Å². The highest BCUT2D eigenvalue weighted by molar-refractivity contribution is 7.97. The van der Waals surface area contributed by atoms with E-state index in [2.05, 4.69) is 5.32 Å². The summed E-state index contributed by atoms with van der Waals surface area (Å²) in [6.45, 7) is 0.226. The van der Waals surface area contributed by atoms with Gasteiger partial charge in [0.15, 0.2) is 11.5 Å². The van der Waals surface area contributed by atoms with Gasteiger partial charge in [-0.1, -0.05) is 12.1 Å². The summed E-state index contributed by atoms with van der Waals surface area (Å²) >= 11 is 1.73. The quantitative estimate of drug-likeness (QED) is 0.938. The van der Waals surface area contributed by atoms with Gasteiger partial charge >= 0.3 is 0 Å². The molecule has 0 atom stereocenters. The minimum Gasteiger partial charge on any atom is -0.454 e. The minimum absolute atomic E-state index is 0.128. The van der Waals surface area contributed by atoms with Crippen LogP contribution in [0, 0.1) is 0 Å². The first-order valence-electron chi connectivity index (χ1n) is 6.55. The van der Waals surface area contributed by atoms with Gasteiger partial charge in [-0.15, -0.1) is 0 Å². The Hall–Kier alpha value is -2.14. The molecule has 21 heavy (non-hydrogen) atoms. The average Bonchev–Trinajstić information content (AvgIpc) is 2.95. The van der Waals surface area contributed by atoms with Crippen LogP contribution in [-0.4, -0.2) is 19.0 Å². The van der Waals surface area contributed by atoms with E-state index in [9.17, 15) is 4.79 Å². The van der Waals surface area contributed by atoms with E-state index in [1.54, 1.807) is 30.0 Å². The Bertz CT molecular complexity index is 672. The van der Waals surface area contributed by atoms with E-state index in [1.165, 1.54) is 0 Å². The summed E-state index contributed by atoms with van der Waals surface area (Å²) in [4.78, 5) is 12.3. The molecule has 4 nitrogen and oxygen atoms in total. The standard InChI is InChI=1S/C16H15NO3S/c1-21-9-11-3-2-4-12(7-11)16(18)17-13-5-6-14-15(8-13)20-10-19-14/h2-8H,9-10H2,1H3,(H,17,18). The molecule has 5 heteroatoms. The molecule has 0 fully saturated rings. The molecule has 1 heterocycles. The van der Waals surface area contributed by atoms with E-state index < -0.39 is 0 Å². The van der Waals surface area contributed by atoms with Crippen LogP contribution in [0.3, 0.4) is 0 Å². The van der Waals surface area contributed by atoms with Crippen molar-refractivity contribution in [3.05, 3.63) is 53.6 Å². The maximum absolute atomic E-state index is 12.3. The normalized spacial score (nSPS) is 12.2. The molecule has 1 N–H and O–H groups in total. The van der Waals surface area contributed by atoms with E-state index in [0.717, 1.165) is 11.3 Å². The van der Waals surface area contributed by atoms with Crippen molar-refractivity contribution in [3.8, 4) is 11.5 Å². The Balaban J connectivity index is 1.75. The number of anilines is 1. The topological polar surface area (TPSA) is 47.6 Å². The Morgan fingerprint density at radius 2 is 2.05 bits per heavy atom. The van der Waals surface area contributed by atoms with Gasteiger partial charge in [0.05, 0.1) is 0 Å². The average molecular weight is 301 g/mol. The molecule has 0 aromatic heterocycles. The first-order chi connectivity index (χ1) is 10.3. The highest BCUT2D eigenvalue weighted by Crippen LogP contribution is 2.34. The number of thioether (sulfide) groups is 1. The number of rotatable bonds is 4. The van der Waals surface area contributed by atoms with Gasteiger partial charge in [0.25, 0.3) is 5.91 Å². The number of benzene rings is 2. The summed E-state index contributed by atoms with van der Waals surface area (Å²) in [6, 6.07) is 13.0. The van der Waals surface area contributed by atoms with Crippen molar-refractivity contribution in [2.75, 3.05) is 18.4 Å². The van der Waals surface area contributed by atoms with E-state index >= 15 is 0 Å². The second kappa shape index (κ2) is 6.10. The first-order valence-corrected chi connectivity index (χ1v) is 7.94. The lowest BCUT2D eigenvalue weighted by atomic mass is 10.1. The SMILES string of the molecule is CSCc1cccc(C(=O)Nc2ccc3c(c2)OCO3)c1. The Morgan fingerprint density at radius 3 is 2.90 bits per heavy atom. The van der Waals surface area contributed by atoms with Gasteiger partial charge in [-0.3, -0.25) is 4.79 Å². The fraction of sp³-hybridized carbons (Fsp3) is 0.188. The molecule has 1 amide bonds. The Morgan fingerprint density at radius 1 is 1.19 bits per heavy atom. The van der Waals surface area contributed by atoms with Crippen molar-refractivity contribution < 1.29 is 14.3 Å². The molecule has 0 radical (unpaired) electrons. The van der Waals surface area contributed by atoms with Crippen molar-refractivity contribution >= 4 is 23.4 Å². The van der Waals surface area contributed by atoms with Crippen LogP contribution in [0.2, 0.25) is 0 Å². The van der Waals surface area contributed by atoms with Gasteiger partial charge in [0.2, 0.25) is 6.79 Å². The van der Waals surface area contributed by atoms with Crippen LogP contribution in [-0.2, 0) is 5.75 Å². The summed E-state index contributed by atoms with van der Waals surface area (Å²) in [5.74, 6) is 2.13. The van der Waals surface area contributed by atoms with Crippen LogP contribution in [0.25, 0.3) is 0 Å². The number of amides is 1. The van der Waals surface area contributed by atoms with E-state index in [4.69, 9.17) is 9.47 Å². The summed E-state index contributed by atoms with van der Waals surface area (Å²) in [5, 5.41) is 2.88. The summed E-state index contributed by atoms with van der Waals surface area (Å²) < 4.78 is 10.5. The number of hydrogen-bond acceptors (Lipinski definition) is 4. The summed E-state index contributed by atoms with van der Waals surface area (Å²) in [6.07, 6.45) is 2.04. The Labute approximate surface area is 127 Å². The molecule has 2 aromatic rings. The molecule has 2 aromatic carbocycles. The number of ether oxygens (including phenoxy) is 2. The molecule has 0 spiro atoms. The van der Waals surface area contributed by atoms with Crippen LogP contribution in [0.4, 0.5) is 5.69 Å². The van der Waals surface area contributed by atoms with Gasteiger partial charge in [-0.05, 0) is 36.1 Å². The number of carbonyl (C=O) groups is 1. The lowest BCUT2D eigenvalue weighted by molar-refractivity contribution is 0.102. The fourth-order valence-electron chi connectivity index (χ4n) is 2.15. The van der Waals surface area contributed by atoms with Crippen molar-refractivity contribution in [1.29, 1.82) is 0 Å². The van der Waals surface area contributed by atoms with Crippen LogP contribution < -0.4 is 14.8 Å². The highest BCUT2D eigenvalue weighted by atomic mass is 32.2. The van der Waals surface area contributed by atoms with Crippen molar-refractivity contribution in [1.82, 2.24) is 0 Å². The predicted octanol–water partition coefficient (Wildman–Crippen LogP) is 3.53. The molecule has 108 valence electrons. The smallest absolute Gasteiger partial charge is 0.255 e. The van der Waals surface area contributed by atoms with Crippen LogP contribution >= 0.6 is 11.8 Å². The molecule has 0 saturated heterocycles. The zero-order chi connectivity index (χ0) is 14.7. The highest BCUT2D eigenvalue weighted by Gasteiger charge is 2.14. The van der Waals surface area contributed by atoms with Crippen molar-refractivity contribution in [2.24, 2.45) is 0 Å². The lowest BCUT2D eigenvalue weighted by Crippen LogP contribution is -2.12. The number of nitrogens with one attached hydrogen (secondary N) is 1. The van der Waals surface area contributed by atoms with Gasteiger partial charge in [-0.2, -0.15) is 11.8 Å². The zero-order valence-electron chi connectivity index (χ0n) is 11.6. The molecule has 0 unspecified atom stereocenters. The van der Waals surface area contributed by atoms with Gasteiger partial charge in [-0.25, -0.2) is 0 Å². The third-order valence-corrected chi connectivity index (χ3v) is 3.75. The lowest BCUT2D eigenvalue weighted by Gasteiger charge is -2.07. The molecule has 3 rings (SSSR count). The van der Waals surface area contributed by atoms with Crippen LogP contribution in [0.5, 0.6) is 11.5 Å². The van der Waals surface area contributed by atoms with Crippen molar-refractivity contribution in [3.63, 3.8) is 0 Å². The summed E-state index contributed by atoms with van der Waals surface area (Å²) in [5.41, 5.74) is 2.49. The van der Waals surface area contributed by atoms with E-state index in [0.29, 0.717) is 22.7 Å². The molecule has 0 bridgehead atoms. The first kappa shape index (κ1) is 13.8. The third-order valence-electron chi connectivity index (χ3n) is 3.13. The summed E-state index contributed by atoms with van der Waals surface area (Å²) in [7, 11) is 0. The van der Waals surface area contributed by atoms with Crippen LogP contribution in [0.15, 0.2) is 42.5 Å². The van der Waals surface area contributed by atoms with Gasteiger partial charge in [0.1, 0.15) is 0 Å². The van der Waals surface area contributed by atoms with Crippen molar-refractivity contribution in [2.45, 2.75) is 5.75 Å². The zero-order valence-corrected chi connectivity index (χ0v) is 12.4. The van der Waals surface area contributed by atoms with Crippen LogP contribution in [0.1, 0.15) is 15.9 Å². The molecular formula is C16H15NO3S. The molecule has 0 saturated carbocycles. The minimum atomic E-state index is -0.128. The van der Waals surface area contributed by atoms with Gasteiger partial charge in [0, 0.05) is 23.1 Å². The largest absolute Gasteiger partial charge is 0.454 e. The maximum Gasteiger partial charge on any atom is 0.255 e.